The maximum Gasteiger partial charge on any atom is 0.294 e. The Morgan fingerprint density at radius 1 is 1.15 bits per heavy atom. The lowest BCUT2D eigenvalue weighted by Gasteiger charge is -2.14. The van der Waals surface area contributed by atoms with Gasteiger partial charge in [0.2, 0.25) is 0 Å². The van der Waals surface area contributed by atoms with E-state index >= 15 is 0 Å². The second-order valence-electron chi connectivity index (χ2n) is 6.31. The summed E-state index contributed by atoms with van der Waals surface area (Å²) in [5.74, 6) is -0.461. The van der Waals surface area contributed by atoms with Gasteiger partial charge >= 0.3 is 0 Å². The number of Topliss-reactive ketones (excluding diaryl/α,β-unsaturated/α-hetero) is 1. The van der Waals surface area contributed by atoms with Crippen LogP contribution >= 0.6 is 0 Å². The van der Waals surface area contributed by atoms with E-state index < -0.39 is 11.7 Å². The fourth-order valence-electron chi connectivity index (χ4n) is 2.83. The van der Waals surface area contributed by atoms with Crippen LogP contribution in [0.1, 0.15) is 28.4 Å². The molecule has 3 aromatic rings. The summed E-state index contributed by atoms with van der Waals surface area (Å²) >= 11 is 0. The smallest absolute Gasteiger partial charge is 0.294 e. The number of ketones is 1. The van der Waals surface area contributed by atoms with Crippen LogP contribution in [0.3, 0.4) is 0 Å². The first kappa shape index (κ1) is 17.7. The highest BCUT2D eigenvalue weighted by atomic mass is 16.5. The predicted octanol–water partition coefficient (Wildman–Crippen LogP) is 3.72. The summed E-state index contributed by atoms with van der Waals surface area (Å²) in [5.41, 5.74) is 3.17. The molecule has 0 saturated carbocycles. The first-order valence-corrected chi connectivity index (χ1v) is 8.59. The van der Waals surface area contributed by atoms with Crippen molar-refractivity contribution in [1.29, 1.82) is 0 Å². The van der Waals surface area contributed by atoms with Crippen molar-refractivity contribution in [3.8, 4) is 5.75 Å². The number of carbonyl (C=O) groups excluding carboxylic acids is 2. The summed E-state index contributed by atoms with van der Waals surface area (Å²) in [6, 6.07) is 13.7. The van der Waals surface area contributed by atoms with Crippen molar-refractivity contribution in [3.63, 3.8) is 0 Å². The summed E-state index contributed by atoms with van der Waals surface area (Å²) in [5, 5.41) is 0.648. The van der Waals surface area contributed by atoms with Crippen molar-refractivity contribution >= 4 is 22.6 Å². The van der Waals surface area contributed by atoms with E-state index in [-0.39, 0.29) is 0 Å². The number of ether oxygens (including phenoxy) is 1. The maximum atomic E-state index is 12.7. The standard InChI is InChI=1S/C21H22N2O3/c1-4-23(3)21(25)20(24)16-12-22-17-10-14(2)11-18(19(16)17)26-13-15-8-6-5-7-9-15/h5-12,22H,4,13H2,1-3H3. The number of benzene rings is 2. The Bertz CT molecular complexity index is 945. The summed E-state index contributed by atoms with van der Waals surface area (Å²) in [7, 11) is 1.62. The zero-order valence-corrected chi connectivity index (χ0v) is 15.2. The second kappa shape index (κ2) is 7.44. The van der Waals surface area contributed by atoms with Crippen LogP contribution in [-0.4, -0.2) is 35.2 Å². The van der Waals surface area contributed by atoms with Gasteiger partial charge in [-0.25, -0.2) is 0 Å². The SMILES string of the molecule is CCN(C)C(=O)C(=O)c1c[nH]c2cc(C)cc(OCc3ccccc3)c12. The number of aromatic nitrogens is 1. The molecule has 5 nitrogen and oxygen atoms in total. The fraction of sp³-hybridized carbons (Fsp3) is 0.238. The van der Waals surface area contributed by atoms with Gasteiger partial charge in [0.1, 0.15) is 12.4 Å². The Labute approximate surface area is 152 Å². The van der Waals surface area contributed by atoms with Crippen LogP contribution < -0.4 is 4.74 Å². The van der Waals surface area contributed by atoms with Crippen molar-refractivity contribution in [1.82, 2.24) is 9.88 Å². The van der Waals surface area contributed by atoms with Crippen LogP contribution in [0, 0.1) is 6.92 Å². The fourth-order valence-corrected chi connectivity index (χ4v) is 2.83. The van der Waals surface area contributed by atoms with E-state index in [1.807, 2.05) is 56.3 Å². The number of aromatic amines is 1. The summed E-state index contributed by atoms with van der Waals surface area (Å²) < 4.78 is 6.00. The molecule has 1 N–H and O–H groups in total. The van der Waals surface area contributed by atoms with Gasteiger partial charge in [0.05, 0.1) is 16.5 Å². The highest BCUT2D eigenvalue weighted by molar-refractivity contribution is 6.45. The molecular weight excluding hydrogens is 328 g/mol. The summed E-state index contributed by atoms with van der Waals surface area (Å²) in [6.45, 7) is 4.66. The number of hydrogen-bond donors (Lipinski definition) is 1. The van der Waals surface area contributed by atoms with Gasteiger partial charge in [0, 0.05) is 19.8 Å². The van der Waals surface area contributed by atoms with E-state index in [2.05, 4.69) is 4.98 Å². The first-order valence-electron chi connectivity index (χ1n) is 8.59. The molecule has 1 aromatic heterocycles. The van der Waals surface area contributed by atoms with Crippen LogP contribution in [0.25, 0.3) is 10.9 Å². The number of likely N-dealkylation sites (N-methyl/N-ethyl adjacent to an activating group) is 1. The highest BCUT2D eigenvalue weighted by Crippen LogP contribution is 2.31. The zero-order chi connectivity index (χ0) is 18.7. The Kier molecular flexibility index (Phi) is 5.07. The Morgan fingerprint density at radius 3 is 2.58 bits per heavy atom. The van der Waals surface area contributed by atoms with E-state index in [0.29, 0.717) is 29.9 Å². The van der Waals surface area contributed by atoms with Crippen molar-refractivity contribution < 1.29 is 14.3 Å². The van der Waals surface area contributed by atoms with Crippen molar-refractivity contribution in [2.24, 2.45) is 0 Å². The Hall–Kier alpha value is -3.08. The lowest BCUT2D eigenvalue weighted by atomic mass is 10.1. The number of carbonyl (C=O) groups is 2. The van der Waals surface area contributed by atoms with Crippen LogP contribution in [0.4, 0.5) is 0 Å². The molecule has 0 aliphatic rings. The molecule has 0 aliphatic carbocycles. The Balaban J connectivity index is 1.98. The Morgan fingerprint density at radius 2 is 1.88 bits per heavy atom. The highest BCUT2D eigenvalue weighted by Gasteiger charge is 2.24. The molecule has 0 fully saturated rings. The van der Waals surface area contributed by atoms with Crippen molar-refractivity contribution in [2.45, 2.75) is 20.5 Å². The van der Waals surface area contributed by atoms with Crippen LogP contribution in [0.5, 0.6) is 5.75 Å². The normalized spacial score (nSPS) is 10.7. The van der Waals surface area contributed by atoms with E-state index in [1.54, 1.807) is 13.2 Å². The largest absolute Gasteiger partial charge is 0.488 e. The van der Waals surface area contributed by atoms with Gasteiger partial charge in [-0.15, -0.1) is 0 Å². The molecule has 0 aliphatic heterocycles. The van der Waals surface area contributed by atoms with E-state index in [9.17, 15) is 9.59 Å². The van der Waals surface area contributed by atoms with E-state index in [4.69, 9.17) is 4.74 Å². The molecule has 3 rings (SSSR count). The molecule has 1 amide bonds. The average Bonchev–Trinajstić information content (AvgIpc) is 3.08. The minimum absolute atomic E-state index is 0.341. The van der Waals surface area contributed by atoms with Crippen LogP contribution in [0.2, 0.25) is 0 Å². The second-order valence-corrected chi connectivity index (χ2v) is 6.31. The topological polar surface area (TPSA) is 62.4 Å². The average molecular weight is 350 g/mol. The van der Waals surface area contributed by atoms with Gasteiger partial charge in [-0.2, -0.15) is 0 Å². The number of fused-ring (bicyclic) bond motifs is 1. The molecule has 134 valence electrons. The number of rotatable bonds is 6. The maximum absolute atomic E-state index is 12.7. The molecule has 0 spiro atoms. The molecule has 0 unspecified atom stereocenters. The van der Waals surface area contributed by atoms with Gasteiger partial charge in [0.15, 0.2) is 0 Å². The third kappa shape index (κ3) is 3.47. The van der Waals surface area contributed by atoms with Gasteiger partial charge < -0.3 is 14.6 Å². The number of nitrogens with zero attached hydrogens (tertiary/aromatic N) is 1. The molecule has 26 heavy (non-hydrogen) atoms. The van der Waals surface area contributed by atoms with Crippen molar-refractivity contribution in [3.05, 3.63) is 65.4 Å². The van der Waals surface area contributed by atoms with E-state index in [0.717, 1.165) is 16.6 Å². The quantitative estimate of drug-likeness (QED) is 0.544. The van der Waals surface area contributed by atoms with Gasteiger partial charge in [-0.3, -0.25) is 9.59 Å². The molecular formula is C21H22N2O3. The van der Waals surface area contributed by atoms with Gasteiger partial charge in [-0.05, 0) is 37.1 Å². The molecule has 2 aromatic carbocycles. The number of H-pyrrole nitrogens is 1. The van der Waals surface area contributed by atoms with Gasteiger partial charge in [0.25, 0.3) is 11.7 Å². The monoisotopic (exact) mass is 350 g/mol. The summed E-state index contributed by atoms with van der Waals surface area (Å²) in [6.07, 6.45) is 1.59. The van der Waals surface area contributed by atoms with Crippen molar-refractivity contribution in [2.75, 3.05) is 13.6 Å². The number of hydrogen-bond acceptors (Lipinski definition) is 3. The number of aryl methyl sites for hydroxylation is 1. The zero-order valence-electron chi connectivity index (χ0n) is 15.2. The molecule has 0 radical (unpaired) electrons. The molecule has 0 saturated heterocycles. The number of amides is 1. The summed E-state index contributed by atoms with van der Waals surface area (Å²) in [4.78, 5) is 29.5. The molecule has 0 atom stereocenters. The van der Waals surface area contributed by atoms with E-state index in [1.165, 1.54) is 4.90 Å². The third-order valence-electron chi connectivity index (χ3n) is 4.38. The lowest BCUT2D eigenvalue weighted by molar-refractivity contribution is -0.125. The van der Waals surface area contributed by atoms with Crippen LogP contribution in [0.15, 0.2) is 48.7 Å². The molecule has 0 bridgehead atoms. The number of nitrogens with one attached hydrogen (secondary N) is 1. The minimum atomic E-state index is -0.533. The van der Waals surface area contributed by atoms with Gasteiger partial charge in [-0.1, -0.05) is 30.3 Å². The first-order chi connectivity index (χ1) is 12.5. The predicted molar refractivity (Wildman–Crippen MR) is 101 cm³/mol. The minimum Gasteiger partial charge on any atom is -0.488 e. The van der Waals surface area contributed by atoms with Crippen LogP contribution in [-0.2, 0) is 11.4 Å². The lowest BCUT2D eigenvalue weighted by Crippen LogP contribution is -2.33. The molecule has 1 heterocycles. The molecule has 5 heteroatoms. The third-order valence-corrected chi connectivity index (χ3v) is 4.38.